The largest absolute Gasteiger partial charge is 0.395 e. The van der Waals surface area contributed by atoms with E-state index < -0.39 is 10.0 Å². The molecule has 0 aromatic carbocycles. The normalized spacial score (nSPS) is 18.5. The molecule has 1 aromatic rings. The number of hydrogen-bond donors (Lipinski definition) is 1. The minimum Gasteiger partial charge on any atom is -0.395 e. The van der Waals surface area contributed by atoms with Crippen molar-refractivity contribution in [3.8, 4) is 11.8 Å². The Bertz CT molecular complexity index is 566. The number of sulfonamides is 1. The Labute approximate surface area is 111 Å². The zero-order valence-electron chi connectivity index (χ0n) is 9.92. The number of rotatable bonds is 3. The number of thiophene rings is 1. The van der Waals surface area contributed by atoms with E-state index in [-0.39, 0.29) is 12.4 Å². The standard InChI is InChI=1S/C12H15NO3S2/c14-7-2-1-4-11-5-8-17-12(11)10-13-6-3-9-18(13,15)16/h5,8,14H,2-3,6-7,9-10H2. The van der Waals surface area contributed by atoms with Gasteiger partial charge < -0.3 is 5.11 Å². The third-order valence-electron chi connectivity index (χ3n) is 2.73. The van der Waals surface area contributed by atoms with Crippen molar-refractivity contribution in [2.75, 3.05) is 18.9 Å². The van der Waals surface area contributed by atoms with Crippen LogP contribution in [0.1, 0.15) is 23.3 Å². The van der Waals surface area contributed by atoms with Gasteiger partial charge in [-0.2, -0.15) is 4.31 Å². The summed E-state index contributed by atoms with van der Waals surface area (Å²) in [5.74, 6) is 6.09. The molecular weight excluding hydrogens is 270 g/mol. The molecule has 0 unspecified atom stereocenters. The molecule has 1 saturated heterocycles. The van der Waals surface area contributed by atoms with Crippen molar-refractivity contribution in [1.29, 1.82) is 0 Å². The van der Waals surface area contributed by atoms with E-state index in [2.05, 4.69) is 11.8 Å². The minimum atomic E-state index is -3.05. The fraction of sp³-hybridized carbons (Fsp3) is 0.500. The molecule has 2 heterocycles. The quantitative estimate of drug-likeness (QED) is 0.844. The first-order chi connectivity index (χ1) is 8.63. The summed E-state index contributed by atoms with van der Waals surface area (Å²) in [7, 11) is -3.05. The Morgan fingerprint density at radius 3 is 3.00 bits per heavy atom. The molecule has 18 heavy (non-hydrogen) atoms. The summed E-state index contributed by atoms with van der Waals surface area (Å²) in [6.45, 7) is 1.07. The van der Waals surface area contributed by atoms with Crippen LogP contribution in [0.5, 0.6) is 0 Å². The van der Waals surface area contributed by atoms with Gasteiger partial charge in [-0.25, -0.2) is 8.42 Å². The van der Waals surface area contributed by atoms with E-state index in [1.807, 2.05) is 11.4 Å². The zero-order chi connectivity index (χ0) is 13.0. The third-order valence-corrected chi connectivity index (χ3v) is 5.54. The predicted octanol–water partition coefficient (Wildman–Crippen LogP) is 1.02. The molecular formula is C12H15NO3S2. The second kappa shape index (κ2) is 5.85. The van der Waals surface area contributed by atoms with Crippen molar-refractivity contribution in [1.82, 2.24) is 4.31 Å². The molecule has 0 spiro atoms. The highest BCUT2D eigenvalue weighted by Gasteiger charge is 2.28. The van der Waals surface area contributed by atoms with E-state index in [1.165, 1.54) is 15.6 Å². The maximum atomic E-state index is 11.7. The molecule has 0 aliphatic carbocycles. The van der Waals surface area contributed by atoms with E-state index in [1.54, 1.807) is 0 Å². The highest BCUT2D eigenvalue weighted by Crippen LogP contribution is 2.23. The average molecular weight is 285 g/mol. The fourth-order valence-electron chi connectivity index (χ4n) is 1.82. The van der Waals surface area contributed by atoms with E-state index in [4.69, 9.17) is 5.11 Å². The van der Waals surface area contributed by atoms with Crippen molar-refractivity contribution in [2.24, 2.45) is 0 Å². The van der Waals surface area contributed by atoms with E-state index in [0.29, 0.717) is 25.9 Å². The summed E-state index contributed by atoms with van der Waals surface area (Å²) >= 11 is 1.52. The SMILES string of the molecule is O=S1(=O)CCCN1Cc1sccc1C#CCCO. The van der Waals surface area contributed by atoms with E-state index in [9.17, 15) is 8.42 Å². The molecule has 4 nitrogen and oxygen atoms in total. The second-order valence-corrected chi connectivity index (χ2v) is 7.13. The van der Waals surface area contributed by atoms with Crippen LogP contribution in [0, 0.1) is 11.8 Å². The van der Waals surface area contributed by atoms with Crippen LogP contribution < -0.4 is 0 Å². The third kappa shape index (κ3) is 3.12. The lowest BCUT2D eigenvalue weighted by Crippen LogP contribution is -2.24. The maximum absolute atomic E-state index is 11.7. The number of hydrogen-bond acceptors (Lipinski definition) is 4. The average Bonchev–Trinajstić information content (AvgIpc) is 2.88. The maximum Gasteiger partial charge on any atom is 0.214 e. The minimum absolute atomic E-state index is 0.0486. The summed E-state index contributed by atoms with van der Waals surface area (Å²) < 4.78 is 25.0. The van der Waals surface area contributed by atoms with Crippen LogP contribution in [0.4, 0.5) is 0 Å². The zero-order valence-corrected chi connectivity index (χ0v) is 11.6. The molecule has 2 rings (SSSR count). The summed E-state index contributed by atoms with van der Waals surface area (Å²) in [5.41, 5.74) is 0.871. The molecule has 1 fully saturated rings. The van der Waals surface area contributed by atoms with Crippen LogP contribution in [0.25, 0.3) is 0 Å². The summed E-state index contributed by atoms with van der Waals surface area (Å²) in [5, 5.41) is 10.6. The van der Waals surface area contributed by atoms with Gasteiger partial charge in [0.1, 0.15) is 0 Å². The smallest absolute Gasteiger partial charge is 0.214 e. The van der Waals surface area contributed by atoms with E-state index >= 15 is 0 Å². The summed E-state index contributed by atoms with van der Waals surface area (Å²) in [6, 6.07) is 1.90. The van der Waals surface area contributed by atoms with Gasteiger partial charge in [-0.15, -0.1) is 11.3 Å². The lowest BCUT2D eigenvalue weighted by atomic mass is 10.2. The molecule has 0 saturated carbocycles. The highest BCUT2D eigenvalue weighted by atomic mass is 32.2. The van der Waals surface area contributed by atoms with Crippen molar-refractivity contribution < 1.29 is 13.5 Å². The van der Waals surface area contributed by atoms with Crippen LogP contribution in [0.15, 0.2) is 11.4 Å². The van der Waals surface area contributed by atoms with Gasteiger partial charge in [-0.1, -0.05) is 11.8 Å². The van der Waals surface area contributed by atoms with Crippen LogP contribution in [-0.4, -0.2) is 36.7 Å². The van der Waals surface area contributed by atoms with Gasteiger partial charge in [0.25, 0.3) is 0 Å². The van der Waals surface area contributed by atoms with Crippen molar-refractivity contribution in [2.45, 2.75) is 19.4 Å². The van der Waals surface area contributed by atoms with Crippen LogP contribution in [0.3, 0.4) is 0 Å². The van der Waals surface area contributed by atoms with Crippen molar-refractivity contribution >= 4 is 21.4 Å². The second-order valence-electron chi connectivity index (χ2n) is 4.04. The molecule has 1 aromatic heterocycles. The van der Waals surface area contributed by atoms with Gasteiger partial charge in [0.05, 0.1) is 12.4 Å². The van der Waals surface area contributed by atoms with Crippen molar-refractivity contribution in [3.63, 3.8) is 0 Å². The Balaban J connectivity index is 2.11. The first-order valence-corrected chi connectivity index (χ1v) is 8.26. The first-order valence-electron chi connectivity index (χ1n) is 5.77. The van der Waals surface area contributed by atoms with Gasteiger partial charge in [0, 0.05) is 30.0 Å². The highest BCUT2D eigenvalue weighted by molar-refractivity contribution is 7.89. The Kier molecular flexibility index (Phi) is 4.40. The molecule has 1 aliphatic rings. The van der Waals surface area contributed by atoms with Gasteiger partial charge >= 0.3 is 0 Å². The number of aliphatic hydroxyl groups is 1. The monoisotopic (exact) mass is 285 g/mol. The molecule has 98 valence electrons. The topological polar surface area (TPSA) is 57.6 Å². The molecule has 0 atom stereocenters. The fourth-order valence-corrected chi connectivity index (χ4v) is 4.23. The van der Waals surface area contributed by atoms with Crippen LogP contribution in [-0.2, 0) is 16.6 Å². The molecule has 0 amide bonds. The van der Waals surface area contributed by atoms with Gasteiger partial charge in [0.2, 0.25) is 10.0 Å². The molecule has 6 heteroatoms. The molecule has 1 aliphatic heterocycles. The molecule has 1 N–H and O–H groups in total. The van der Waals surface area contributed by atoms with Crippen LogP contribution in [0.2, 0.25) is 0 Å². The van der Waals surface area contributed by atoms with E-state index in [0.717, 1.165) is 10.4 Å². The Morgan fingerprint density at radius 1 is 1.50 bits per heavy atom. The van der Waals surface area contributed by atoms with Gasteiger partial charge in [0.15, 0.2) is 0 Å². The van der Waals surface area contributed by atoms with Crippen molar-refractivity contribution in [3.05, 3.63) is 21.9 Å². The molecule has 0 radical (unpaired) electrons. The van der Waals surface area contributed by atoms with Gasteiger partial charge in [-0.3, -0.25) is 0 Å². The first kappa shape index (κ1) is 13.6. The Hall–Kier alpha value is -0.870. The molecule has 0 bridgehead atoms. The van der Waals surface area contributed by atoms with Crippen LogP contribution >= 0.6 is 11.3 Å². The lowest BCUT2D eigenvalue weighted by molar-refractivity contribution is 0.305. The Morgan fingerprint density at radius 2 is 2.33 bits per heavy atom. The lowest BCUT2D eigenvalue weighted by Gasteiger charge is -2.13. The van der Waals surface area contributed by atoms with Gasteiger partial charge in [-0.05, 0) is 17.9 Å². The number of aliphatic hydroxyl groups excluding tert-OH is 1. The summed E-state index contributed by atoms with van der Waals surface area (Å²) in [4.78, 5) is 0.978. The summed E-state index contributed by atoms with van der Waals surface area (Å²) in [6.07, 6.45) is 1.15. The number of nitrogens with zero attached hydrogens (tertiary/aromatic N) is 1. The predicted molar refractivity (Wildman–Crippen MR) is 71.7 cm³/mol.